The molecule has 2 N–H and O–H groups in total. The molecule has 0 bridgehead atoms. The lowest BCUT2D eigenvalue weighted by molar-refractivity contribution is 0.0752. The van der Waals surface area contributed by atoms with Crippen LogP contribution in [0.2, 0.25) is 0 Å². The van der Waals surface area contributed by atoms with Gasteiger partial charge in [-0.15, -0.1) is 0 Å². The van der Waals surface area contributed by atoms with Crippen LogP contribution >= 0.6 is 0 Å². The summed E-state index contributed by atoms with van der Waals surface area (Å²) >= 11 is 0. The second kappa shape index (κ2) is 8.47. The van der Waals surface area contributed by atoms with E-state index >= 15 is 0 Å². The number of carbonyl (C=O) groups excluding carboxylic acids is 1. The number of fused-ring (bicyclic) bond motifs is 1. The van der Waals surface area contributed by atoms with Crippen LogP contribution in [-0.2, 0) is 4.74 Å². The number of aliphatic hydroxyl groups is 1. The van der Waals surface area contributed by atoms with Gasteiger partial charge < -0.3 is 20.1 Å². The van der Waals surface area contributed by atoms with Crippen molar-refractivity contribution in [2.24, 2.45) is 0 Å². The molecular weight excluding hydrogens is 368 g/mol. The number of amides is 1. The number of aliphatic hydroxyl groups excluding tert-OH is 1. The fraction of sp³-hybridized carbons (Fsp3) is 0.500. The zero-order valence-corrected chi connectivity index (χ0v) is 16.8. The minimum Gasteiger partial charge on any atom is -0.393 e. The van der Waals surface area contributed by atoms with Gasteiger partial charge in [-0.3, -0.25) is 4.79 Å². The number of nitrogens with zero attached hydrogens (tertiary/aromatic N) is 3. The zero-order chi connectivity index (χ0) is 20.4. The van der Waals surface area contributed by atoms with Crippen LogP contribution in [0.25, 0.3) is 10.9 Å². The fourth-order valence-electron chi connectivity index (χ4n) is 4.22. The topological polar surface area (TPSA) is 87.6 Å². The molecule has 1 aliphatic heterocycles. The van der Waals surface area contributed by atoms with Crippen LogP contribution in [0.4, 0.5) is 5.95 Å². The van der Waals surface area contributed by atoms with Gasteiger partial charge >= 0.3 is 0 Å². The van der Waals surface area contributed by atoms with E-state index in [1.807, 2.05) is 25.1 Å². The van der Waals surface area contributed by atoms with Gasteiger partial charge in [0.15, 0.2) is 0 Å². The van der Waals surface area contributed by atoms with E-state index < -0.39 is 0 Å². The van der Waals surface area contributed by atoms with E-state index in [9.17, 15) is 9.90 Å². The third-order valence-corrected chi connectivity index (χ3v) is 5.91. The number of rotatable bonds is 5. The minimum absolute atomic E-state index is 0.00412. The molecule has 1 saturated carbocycles. The molecule has 2 heterocycles. The fourth-order valence-corrected chi connectivity index (χ4v) is 4.22. The van der Waals surface area contributed by atoms with E-state index in [0.717, 1.165) is 43.2 Å². The molecule has 2 fully saturated rings. The maximum Gasteiger partial charge on any atom is 0.260 e. The third-order valence-electron chi connectivity index (χ3n) is 5.91. The SMILES string of the molecule is C=CN(C(=O)c1cccc2c(C)nc(NC3CCC(O)CC3)nc12)C1CCOC1. The van der Waals surface area contributed by atoms with Gasteiger partial charge in [0.05, 0.1) is 35.5 Å². The summed E-state index contributed by atoms with van der Waals surface area (Å²) in [7, 11) is 0. The van der Waals surface area contributed by atoms with E-state index in [4.69, 9.17) is 9.72 Å². The lowest BCUT2D eigenvalue weighted by atomic mass is 9.93. The normalized spacial score (nSPS) is 24.4. The summed E-state index contributed by atoms with van der Waals surface area (Å²) in [6, 6.07) is 5.86. The number of hydrogen-bond donors (Lipinski definition) is 2. The number of aromatic nitrogens is 2. The average molecular weight is 396 g/mol. The highest BCUT2D eigenvalue weighted by Crippen LogP contribution is 2.26. The first-order valence-corrected chi connectivity index (χ1v) is 10.3. The molecule has 0 radical (unpaired) electrons. The van der Waals surface area contributed by atoms with Crippen molar-refractivity contribution >= 4 is 22.8 Å². The molecule has 154 valence electrons. The van der Waals surface area contributed by atoms with Crippen molar-refractivity contribution in [1.82, 2.24) is 14.9 Å². The Morgan fingerprint density at radius 2 is 2.07 bits per heavy atom. The van der Waals surface area contributed by atoms with E-state index in [1.54, 1.807) is 11.1 Å². The van der Waals surface area contributed by atoms with Gasteiger partial charge in [0.25, 0.3) is 5.91 Å². The molecule has 0 spiro atoms. The highest BCUT2D eigenvalue weighted by molar-refractivity contribution is 6.06. The molecular formula is C22H28N4O3. The number of anilines is 1. The van der Waals surface area contributed by atoms with Gasteiger partial charge in [-0.25, -0.2) is 9.97 Å². The van der Waals surface area contributed by atoms with E-state index in [2.05, 4.69) is 16.9 Å². The van der Waals surface area contributed by atoms with Gasteiger partial charge in [-0.05, 0) is 45.1 Å². The molecule has 1 amide bonds. The molecule has 29 heavy (non-hydrogen) atoms. The minimum atomic E-state index is -0.207. The number of carbonyl (C=O) groups is 1. The Morgan fingerprint density at radius 1 is 1.28 bits per heavy atom. The second-order valence-electron chi connectivity index (χ2n) is 7.90. The van der Waals surface area contributed by atoms with E-state index in [0.29, 0.717) is 30.2 Å². The monoisotopic (exact) mass is 396 g/mol. The van der Waals surface area contributed by atoms with Crippen molar-refractivity contribution < 1.29 is 14.6 Å². The molecule has 2 aliphatic rings. The molecule has 2 aromatic rings. The Morgan fingerprint density at radius 3 is 2.76 bits per heavy atom. The van der Waals surface area contributed by atoms with Crippen LogP contribution in [-0.4, -0.2) is 57.3 Å². The van der Waals surface area contributed by atoms with Crippen LogP contribution in [0.3, 0.4) is 0 Å². The first-order valence-electron chi connectivity index (χ1n) is 10.3. The Balaban J connectivity index is 1.66. The maximum atomic E-state index is 13.3. The molecule has 7 nitrogen and oxygen atoms in total. The van der Waals surface area contributed by atoms with Crippen LogP contribution in [0.5, 0.6) is 0 Å². The molecule has 7 heteroatoms. The van der Waals surface area contributed by atoms with Crippen molar-refractivity contribution in [2.45, 2.75) is 57.2 Å². The zero-order valence-electron chi connectivity index (χ0n) is 16.8. The standard InChI is InChI=1S/C22H28N4O3/c1-3-26(16-11-12-29-13-16)21(28)19-6-4-5-18-14(2)23-22(25-20(18)19)24-15-7-9-17(27)10-8-15/h3-6,15-17,27H,1,7-13H2,2H3,(H,23,24,25). The predicted molar refractivity (Wildman–Crippen MR) is 112 cm³/mol. The van der Waals surface area contributed by atoms with Gasteiger partial charge in [-0.2, -0.15) is 0 Å². The Bertz CT molecular complexity index is 902. The first kappa shape index (κ1) is 19.8. The van der Waals surface area contributed by atoms with Crippen molar-refractivity contribution in [3.63, 3.8) is 0 Å². The molecule has 1 unspecified atom stereocenters. The smallest absolute Gasteiger partial charge is 0.260 e. The number of ether oxygens (including phenoxy) is 1. The summed E-state index contributed by atoms with van der Waals surface area (Å²) in [5.41, 5.74) is 2.02. The number of nitrogens with one attached hydrogen (secondary N) is 1. The van der Waals surface area contributed by atoms with Gasteiger partial charge in [-0.1, -0.05) is 18.7 Å². The van der Waals surface area contributed by atoms with Crippen LogP contribution < -0.4 is 5.32 Å². The van der Waals surface area contributed by atoms with Crippen molar-refractivity contribution in [1.29, 1.82) is 0 Å². The summed E-state index contributed by atoms with van der Waals surface area (Å²) in [6.45, 7) is 6.95. The van der Waals surface area contributed by atoms with Crippen LogP contribution in [0.1, 0.15) is 48.2 Å². The van der Waals surface area contributed by atoms with E-state index in [1.165, 1.54) is 0 Å². The number of para-hydroxylation sites is 1. The van der Waals surface area contributed by atoms with E-state index in [-0.39, 0.29) is 24.1 Å². The highest BCUT2D eigenvalue weighted by atomic mass is 16.5. The van der Waals surface area contributed by atoms with Crippen molar-refractivity contribution in [2.75, 3.05) is 18.5 Å². The first-order chi connectivity index (χ1) is 14.1. The molecule has 4 rings (SSSR count). The molecule has 1 aromatic heterocycles. The summed E-state index contributed by atoms with van der Waals surface area (Å²) < 4.78 is 5.45. The summed E-state index contributed by atoms with van der Waals surface area (Å²) in [5, 5.41) is 14.0. The maximum absolute atomic E-state index is 13.3. The number of hydrogen-bond acceptors (Lipinski definition) is 6. The van der Waals surface area contributed by atoms with Gasteiger partial charge in [0, 0.05) is 24.2 Å². The molecule has 1 aromatic carbocycles. The van der Waals surface area contributed by atoms with Crippen molar-refractivity contribution in [3.8, 4) is 0 Å². The molecule has 1 aliphatic carbocycles. The third kappa shape index (κ3) is 4.11. The summed E-state index contributed by atoms with van der Waals surface area (Å²) in [5.74, 6) is 0.414. The number of aryl methyl sites for hydroxylation is 1. The Hall–Kier alpha value is -2.51. The summed E-state index contributed by atoms with van der Waals surface area (Å²) in [4.78, 5) is 24.3. The Kier molecular flexibility index (Phi) is 5.78. The lowest BCUT2D eigenvalue weighted by Gasteiger charge is -2.26. The quantitative estimate of drug-likeness (QED) is 0.808. The molecule has 1 atom stereocenters. The molecule has 1 saturated heterocycles. The number of benzene rings is 1. The largest absolute Gasteiger partial charge is 0.393 e. The lowest BCUT2D eigenvalue weighted by Crippen LogP contribution is -2.36. The Labute approximate surface area is 170 Å². The highest BCUT2D eigenvalue weighted by Gasteiger charge is 2.28. The van der Waals surface area contributed by atoms with Gasteiger partial charge in [0.1, 0.15) is 0 Å². The van der Waals surface area contributed by atoms with Crippen molar-refractivity contribution in [3.05, 3.63) is 42.2 Å². The van der Waals surface area contributed by atoms with Crippen LogP contribution in [0.15, 0.2) is 31.0 Å². The average Bonchev–Trinajstić information content (AvgIpc) is 3.24. The predicted octanol–water partition coefficient (Wildman–Crippen LogP) is 3.03. The second-order valence-corrected chi connectivity index (χ2v) is 7.90. The van der Waals surface area contributed by atoms with Crippen LogP contribution in [0, 0.1) is 6.92 Å². The summed E-state index contributed by atoms with van der Waals surface area (Å²) in [6.07, 6.45) is 5.51. The van der Waals surface area contributed by atoms with Gasteiger partial charge in [0.2, 0.25) is 5.95 Å².